The lowest BCUT2D eigenvalue weighted by molar-refractivity contribution is 0.254. The van der Waals surface area contributed by atoms with Crippen LogP contribution in [0.15, 0.2) is 46.2 Å². The van der Waals surface area contributed by atoms with Gasteiger partial charge in [-0.05, 0) is 44.2 Å². The van der Waals surface area contributed by atoms with Gasteiger partial charge in [-0.2, -0.15) is 4.31 Å². The Morgan fingerprint density at radius 2 is 1.65 bits per heavy atom. The number of nitrogens with zero attached hydrogens (tertiary/aromatic N) is 1. The predicted octanol–water partition coefficient (Wildman–Crippen LogP) is 3.24. The highest BCUT2D eigenvalue weighted by atomic mass is 32.2. The Bertz CT molecular complexity index is 1140. The van der Waals surface area contributed by atoms with Crippen molar-refractivity contribution in [3.8, 4) is 11.5 Å². The molecule has 0 fully saturated rings. The van der Waals surface area contributed by atoms with Crippen LogP contribution in [-0.2, 0) is 26.5 Å². The van der Waals surface area contributed by atoms with Gasteiger partial charge in [-0.1, -0.05) is 13.8 Å². The van der Waals surface area contributed by atoms with Crippen LogP contribution in [0.25, 0.3) is 0 Å². The van der Waals surface area contributed by atoms with Crippen LogP contribution in [0.2, 0.25) is 0 Å². The van der Waals surface area contributed by atoms with Gasteiger partial charge in [0, 0.05) is 31.1 Å². The van der Waals surface area contributed by atoms with E-state index in [1.54, 1.807) is 26.0 Å². The standard InChI is InChI=1S/C21H28N2O6S2/c1-5-23(6-2)31(26,27)18-10-8-17(9-11-18)30(24,25)22-19-14-20-16(12-15(4)29-20)13-21(19)28-7-3/h8-11,13-15,22H,5-7,12H2,1-4H3/t15-/m1/s1. The summed E-state index contributed by atoms with van der Waals surface area (Å²) in [6, 6.07) is 8.59. The largest absolute Gasteiger partial charge is 0.492 e. The van der Waals surface area contributed by atoms with Crippen molar-refractivity contribution >= 4 is 25.7 Å². The number of sulfonamides is 2. The zero-order valence-electron chi connectivity index (χ0n) is 18.1. The van der Waals surface area contributed by atoms with Gasteiger partial charge in [-0.15, -0.1) is 0 Å². The minimum absolute atomic E-state index is 0.0108. The van der Waals surface area contributed by atoms with Gasteiger partial charge in [0.1, 0.15) is 17.6 Å². The third-order valence-corrected chi connectivity index (χ3v) is 8.47. The molecule has 10 heteroatoms. The molecule has 0 radical (unpaired) electrons. The SMILES string of the molecule is CCOc1cc2c(cc1NS(=O)(=O)c1ccc(S(=O)(=O)N(CC)CC)cc1)O[C@H](C)C2. The van der Waals surface area contributed by atoms with E-state index in [1.807, 2.05) is 13.8 Å². The topological polar surface area (TPSA) is 102 Å². The summed E-state index contributed by atoms with van der Waals surface area (Å²) in [5, 5.41) is 0. The lowest BCUT2D eigenvalue weighted by Crippen LogP contribution is -2.30. The van der Waals surface area contributed by atoms with Crippen molar-refractivity contribution in [2.45, 2.75) is 50.0 Å². The van der Waals surface area contributed by atoms with Crippen LogP contribution in [-0.4, -0.2) is 46.9 Å². The number of benzene rings is 2. The molecule has 0 aliphatic carbocycles. The highest BCUT2D eigenvalue weighted by Crippen LogP contribution is 2.39. The Balaban J connectivity index is 1.91. The summed E-state index contributed by atoms with van der Waals surface area (Å²) >= 11 is 0. The Hall–Kier alpha value is -2.30. The minimum Gasteiger partial charge on any atom is -0.492 e. The fourth-order valence-electron chi connectivity index (χ4n) is 3.50. The molecule has 0 spiro atoms. The maximum absolute atomic E-state index is 13.0. The van der Waals surface area contributed by atoms with E-state index < -0.39 is 20.0 Å². The second kappa shape index (κ2) is 9.05. The second-order valence-electron chi connectivity index (χ2n) is 7.19. The van der Waals surface area contributed by atoms with Crippen molar-refractivity contribution in [3.05, 3.63) is 42.0 Å². The van der Waals surface area contributed by atoms with Crippen LogP contribution >= 0.6 is 0 Å². The highest BCUT2D eigenvalue weighted by molar-refractivity contribution is 7.92. The first-order valence-electron chi connectivity index (χ1n) is 10.2. The Morgan fingerprint density at radius 3 is 2.23 bits per heavy atom. The molecule has 2 aromatic rings. The molecule has 1 atom stereocenters. The number of rotatable bonds is 9. The average molecular weight is 469 g/mol. The quantitative estimate of drug-likeness (QED) is 0.606. The van der Waals surface area contributed by atoms with E-state index >= 15 is 0 Å². The Kier molecular flexibility index (Phi) is 6.82. The molecular formula is C21H28N2O6S2. The molecule has 1 aliphatic rings. The van der Waals surface area contributed by atoms with Crippen molar-refractivity contribution in [3.63, 3.8) is 0 Å². The number of hydrogen-bond donors (Lipinski definition) is 1. The van der Waals surface area contributed by atoms with E-state index in [2.05, 4.69) is 4.72 Å². The van der Waals surface area contributed by atoms with E-state index in [1.165, 1.54) is 28.6 Å². The van der Waals surface area contributed by atoms with E-state index in [-0.39, 0.29) is 21.6 Å². The van der Waals surface area contributed by atoms with Crippen molar-refractivity contribution < 1.29 is 26.3 Å². The average Bonchev–Trinajstić information content (AvgIpc) is 3.08. The number of fused-ring (bicyclic) bond motifs is 1. The lowest BCUT2D eigenvalue weighted by Gasteiger charge is -2.18. The molecule has 1 N–H and O–H groups in total. The Labute approximate surface area is 184 Å². The number of anilines is 1. The van der Waals surface area contributed by atoms with Gasteiger partial charge in [0.05, 0.1) is 22.1 Å². The van der Waals surface area contributed by atoms with E-state index in [0.29, 0.717) is 31.2 Å². The van der Waals surface area contributed by atoms with Crippen molar-refractivity contribution in [1.82, 2.24) is 4.31 Å². The van der Waals surface area contributed by atoms with Crippen molar-refractivity contribution in [2.24, 2.45) is 0 Å². The molecule has 1 aliphatic heterocycles. The van der Waals surface area contributed by atoms with Crippen LogP contribution in [0.3, 0.4) is 0 Å². The molecule has 0 saturated carbocycles. The predicted molar refractivity (Wildman–Crippen MR) is 119 cm³/mol. The molecule has 0 saturated heterocycles. The van der Waals surface area contributed by atoms with E-state index in [9.17, 15) is 16.8 Å². The van der Waals surface area contributed by atoms with Gasteiger partial charge in [0.15, 0.2) is 0 Å². The van der Waals surface area contributed by atoms with Crippen LogP contribution in [0.1, 0.15) is 33.3 Å². The first-order valence-corrected chi connectivity index (χ1v) is 13.1. The molecule has 31 heavy (non-hydrogen) atoms. The number of ether oxygens (including phenoxy) is 2. The van der Waals surface area contributed by atoms with Crippen LogP contribution < -0.4 is 14.2 Å². The molecule has 0 aromatic heterocycles. The molecule has 0 unspecified atom stereocenters. The maximum Gasteiger partial charge on any atom is 0.262 e. The zero-order valence-corrected chi connectivity index (χ0v) is 19.7. The van der Waals surface area contributed by atoms with Gasteiger partial charge in [-0.3, -0.25) is 4.72 Å². The summed E-state index contributed by atoms with van der Waals surface area (Å²) in [6.07, 6.45) is 0.738. The van der Waals surface area contributed by atoms with Gasteiger partial charge in [-0.25, -0.2) is 16.8 Å². The molecule has 3 rings (SSSR count). The summed E-state index contributed by atoms with van der Waals surface area (Å²) in [5.74, 6) is 1.04. The third kappa shape index (κ3) is 4.81. The second-order valence-corrected chi connectivity index (χ2v) is 10.8. The summed E-state index contributed by atoms with van der Waals surface area (Å²) < 4.78 is 66.4. The van der Waals surface area contributed by atoms with Gasteiger partial charge in [0.2, 0.25) is 10.0 Å². The lowest BCUT2D eigenvalue weighted by atomic mass is 10.1. The van der Waals surface area contributed by atoms with Gasteiger partial charge >= 0.3 is 0 Å². The van der Waals surface area contributed by atoms with Crippen LogP contribution in [0.4, 0.5) is 5.69 Å². The smallest absolute Gasteiger partial charge is 0.262 e. The third-order valence-electron chi connectivity index (χ3n) is 5.02. The summed E-state index contributed by atoms with van der Waals surface area (Å²) in [6.45, 7) is 8.31. The fraction of sp³-hybridized carbons (Fsp3) is 0.429. The summed E-state index contributed by atoms with van der Waals surface area (Å²) in [5.41, 5.74) is 1.24. The molecule has 8 nitrogen and oxygen atoms in total. The van der Waals surface area contributed by atoms with Crippen LogP contribution in [0, 0.1) is 0 Å². The number of nitrogens with one attached hydrogen (secondary N) is 1. The fourth-order valence-corrected chi connectivity index (χ4v) is 6.02. The zero-order chi connectivity index (χ0) is 22.8. The molecule has 0 bridgehead atoms. The van der Waals surface area contributed by atoms with Crippen molar-refractivity contribution in [2.75, 3.05) is 24.4 Å². The maximum atomic E-state index is 13.0. The first kappa shape index (κ1) is 23.4. The van der Waals surface area contributed by atoms with E-state index in [4.69, 9.17) is 9.47 Å². The monoisotopic (exact) mass is 468 g/mol. The summed E-state index contributed by atoms with van der Waals surface area (Å²) in [4.78, 5) is -0.00620. The number of hydrogen-bond acceptors (Lipinski definition) is 6. The molecule has 0 amide bonds. The normalized spacial score (nSPS) is 16.1. The minimum atomic E-state index is -3.97. The Morgan fingerprint density at radius 1 is 1.03 bits per heavy atom. The van der Waals surface area contributed by atoms with Crippen molar-refractivity contribution in [1.29, 1.82) is 0 Å². The first-order chi connectivity index (χ1) is 14.6. The molecule has 2 aromatic carbocycles. The van der Waals surface area contributed by atoms with Crippen LogP contribution in [0.5, 0.6) is 11.5 Å². The molecular weight excluding hydrogens is 440 g/mol. The van der Waals surface area contributed by atoms with E-state index in [0.717, 1.165) is 12.0 Å². The van der Waals surface area contributed by atoms with Gasteiger partial charge in [0.25, 0.3) is 10.0 Å². The van der Waals surface area contributed by atoms with Gasteiger partial charge < -0.3 is 9.47 Å². The molecule has 1 heterocycles. The highest BCUT2D eigenvalue weighted by Gasteiger charge is 2.26. The molecule has 170 valence electrons. The summed E-state index contributed by atoms with van der Waals surface area (Å²) in [7, 11) is -7.64.